The molecule has 1 unspecified atom stereocenters. The lowest BCUT2D eigenvalue weighted by atomic mass is 10.0. The van der Waals surface area contributed by atoms with Crippen molar-refractivity contribution in [2.24, 2.45) is 0 Å². The molecule has 1 aromatic rings. The molecule has 0 saturated carbocycles. The number of unbranched alkanes of at least 4 members (excludes halogenated alkanes) is 1. The minimum Gasteiger partial charge on any atom is -0.316 e. The molecule has 0 aliphatic rings. The first-order chi connectivity index (χ1) is 7.84. The van der Waals surface area contributed by atoms with Gasteiger partial charge in [-0.3, -0.25) is 0 Å². The van der Waals surface area contributed by atoms with Crippen molar-refractivity contribution in [3.63, 3.8) is 0 Å². The van der Waals surface area contributed by atoms with Gasteiger partial charge in [-0.25, -0.2) is 0 Å². The highest BCUT2D eigenvalue weighted by Gasteiger charge is 2.03. The van der Waals surface area contributed by atoms with Crippen LogP contribution >= 0.6 is 11.8 Å². The van der Waals surface area contributed by atoms with Crippen LogP contribution in [0.25, 0.3) is 0 Å². The Morgan fingerprint density at radius 2 is 1.94 bits per heavy atom. The van der Waals surface area contributed by atoms with Crippen molar-refractivity contribution in [2.45, 2.75) is 25.7 Å². The molecule has 16 heavy (non-hydrogen) atoms. The molecular weight excluding hydrogens is 214 g/mol. The van der Waals surface area contributed by atoms with Gasteiger partial charge in [0.05, 0.1) is 0 Å². The van der Waals surface area contributed by atoms with Gasteiger partial charge in [-0.1, -0.05) is 37.3 Å². The largest absolute Gasteiger partial charge is 0.316 e. The Kier molecular flexibility index (Phi) is 7.35. The van der Waals surface area contributed by atoms with E-state index in [2.05, 4.69) is 48.8 Å². The average Bonchev–Trinajstić information content (AvgIpc) is 2.34. The zero-order valence-electron chi connectivity index (χ0n) is 10.4. The summed E-state index contributed by atoms with van der Waals surface area (Å²) in [6.45, 7) is 4.52. The van der Waals surface area contributed by atoms with Crippen molar-refractivity contribution < 1.29 is 0 Å². The predicted octanol–water partition coefficient (Wildman–Crippen LogP) is 3.52. The lowest BCUT2D eigenvalue weighted by molar-refractivity contribution is 0.593. The van der Waals surface area contributed by atoms with Crippen LogP contribution in [0, 0.1) is 0 Å². The highest BCUT2D eigenvalue weighted by molar-refractivity contribution is 7.98. The number of nitrogens with one attached hydrogen (secondary N) is 1. The van der Waals surface area contributed by atoms with Crippen LogP contribution in [0.4, 0.5) is 0 Å². The van der Waals surface area contributed by atoms with Crippen LogP contribution < -0.4 is 5.32 Å². The number of hydrogen-bond acceptors (Lipinski definition) is 2. The van der Waals surface area contributed by atoms with E-state index in [-0.39, 0.29) is 0 Å². The third-order valence-corrected chi connectivity index (χ3v) is 3.47. The first-order valence-electron chi connectivity index (χ1n) is 6.09. The van der Waals surface area contributed by atoms with Gasteiger partial charge in [-0.2, -0.15) is 11.8 Å². The second-order valence-corrected chi connectivity index (χ2v) is 5.20. The number of thioether (sulfide) groups is 1. The van der Waals surface area contributed by atoms with Gasteiger partial charge in [0.25, 0.3) is 0 Å². The molecule has 1 atom stereocenters. The zero-order valence-corrected chi connectivity index (χ0v) is 11.2. The monoisotopic (exact) mass is 237 g/mol. The molecule has 90 valence electrons. The molecule has 0 radical (unpaired) electrons. The van der Waals surface area contributed by atoms with Crippen LogP contribution in [0.15, 0.2) is 30.3 Å². The first kappa shape index (κ1) is 13.6. The standard InChI is InChI=1S/C14H23NS/c1-13(14-8-4-3-5-9-14)12-15-10-6-7-11-16-2/h3-5,8-9,13,15H,6-7,10-12H2,1-2H3. The van der Waals surface area contributed by atoms with Gasteiger partial charge in [0.2, 0.25) is 0 Å². The summed E-state index contributed by atoms with van der Waals surface area (Å²) in [7, 11) is 0. The molecule has 1 aromatic carbocycles. The quantitative estimate of drug-likeness (QED) is 0.694. The Morgan fingerprint density at radius 1 is 1.19 bits per heavy atom. The molecule has 0 saturated heterocycles. The molecular formula is C14H23NS. The maximum Gasteiger partial charge on any atom is 0.00174 e. The smallest absolute Gasteiger partial charge is 0.00174 e. The second-order valence-electron chi connectivity index (χ2n) is 4.22. The molecule has 0 heterocycles. The summed E-state index contributed by atoms with van der Waals surface area (Å²) in [6, 6.07) is 10.7. The molecule has 0 spiro atoms. The third kappa shape index (κ3) is 5.57. The summed E-state index contributed by atoms with van der Waals surface area (Å²) in [6.07, 6.45) is 4.79. The number of hydrogen-bond donors (Lipinski definition) is 1. The fourth-order valence-corrected chi connectivity index (χ4v) is 2.21. The van der Waals surface area contributed by atoms with E-state index >= 15 is 0 Å². The minimum atomic E-state index is 0.613. The van der Waals surface area contributed by atoms with Crippen molar-refractivity contribution >= 4 is 11.8 Å². The molecule has 0 amide bonds. The summed E-state index contributed by atoms with van der Waals surface area (Å²) in [5.41, 5.74) is 1.43. The van der Waals surface area contributed by atoms with Gasteiger partial charge in [0, 0.05) is 6.54 Å². The predicted molar refractivity (Wildman–Crippen MR) is 75.3 cm³/mol. The van der Waals surface area contributed by atoms with Crippen molar-refractivity contribution in [1.29, 1.82) is 0 Å². The highest BCUT2D eigenvalue weighted by Crippen LogP contribution is 2.12. The van der Waals surface area contributed by atoms with Crippen LogP contribution in [0.1, 0.15) is 31.2 Å². The fraction of sp³-hybridized carbons (Fsp3) is 0.571. The normalized spacial score (nSPS) is 12.6. The fourth-order valence-electron chi connectivity index (χ4n) is 1.71. The number of rotatable bonds is 8. The molecule has 0 aliphatic carbocycles. The van der Waals surface area contributed by atoms with Crippen LogP contribution in [0.2, 0.25) is 0 Å². The Labute approximate surface area is 104 Å². The van der Waals surface area contributed by atoms with Crippen molar-refractivity contribution in [2.75, 3.05) is 25.1 Å². The van der Waals surface area contributed by atoms with Crippen molar-refractivity contribution in [3.8, 4) is 0 Å². The van der Waals surface area contributed by atoms with E-state index in [0.29, 0.717) is 5.92 Å². The SMILES string of the molecule is CSCCCCNCC(C)c1ccccc1. The lowest BCUT2D eigenvalue weighted by Crippen LogP contribution is -2.21. The van der Waals surface area contributed by atoms with E-state index in [0.717, 1.165) is 13.1 Å². The maximum absolute atomic E-state index is 3.53. The topological polar surface area (TPSA) is 12.0 Å². The lowest BCUT2D eigenvalue weighted by Gasteiger charge is -2.12. The molecule has 0 fully saturated rings. The summed E-state index contributed by atoms with van der Waals surface area (Å²) in [4.78, 5) is 0. The average molecular weight is 237 g/mol. The molecule has 0 bridgehead atoms. The van der Waals surface area contributed by atoms with Gasteiger partial charge in [0.1, 0.15) is 0 Å². The van der Waals surface area contributed by atoms with E-state index in [1.807, 2.05) is 11.8 Å². The summed E-state index contributed by atoms with van der Waals surface area (Å²) >= 11 is 1.94. The van der Waals surface area contributed by atoms with Gasteiger partial charge in [-0.15, -0.1) is 0 Å². The molecule has 1 N–H and O–H groups in total. The highest BCUT2D eigenvalue weighted by atomic mass is 32.2. The minimum absolute atomic E-state index is 0.613. The van der Waals surface area contributed by atoms with E-state index in [9.17, 15) is 0 Å². The van der Waals surface area contributed by atoms with Gasteiger partial charge >= 0.3 is 0 Å². The first-order valence-corrected chi connectivity index (χ1v) is 7.48. The second kappa shape index (κ2) is 8.66. The van der Waals surface area contributed by atoms with E-state index in [4.69, 9.17) is 0 Å². The van der Waals surface area contributed by atoms with E-state index in [1.54, 1.807) is 0 Å². The molecule has 0 aromatic heterocycles. The van der Waals surface area contributed by atoms with Gasteiger partial charge in [0.15, 0.2) is 0 Å². The summed E-state index contributed by atoms with van der Waals surface area (Å²) in [5.74, 6) is 1.90. The van der Waals surface area contributed by atoms with Gasteiger partial charge < -0.3 is 5.32 Å². The van der Waals surface area contributed by atoms with Gasteiger partial charge in [-0.05, 0) is 42.9 Å². The molecule has 1 nitrogen and oxygen atoms in total. The van der Waals surface area contributed by atoms with Crippen molar-refractivity contribution in [1.82, 2.24) is 5.32 Å². The zero-order chi connectivity index (χ0) is 11.6. The van der Waals surface area contributed by atoms with Crippen LogP contribution in [0.3, 0.4) is 0 Å². The van der Waals surface area contributed by atoms with Crippen LogP contribution in [0.5, 0.6) is 0 Å². The van der Waals surface area contributed by atoms with Crippen LogP contribution in [-0.2, 0) is 0 Å². The Morgan fingerprint density at radius 3 is 2.62 bits per heavy atom. The Bertz CT molecular complexity index is 261. The van der Waals surface area contributed by atoms with E-state index < -0.39 is 0 Å². The van der Waals surface area contributed by atoms with Crippen LogP contribution in [-0.4, -0.2) is 25.1 Å². The summed E-state index contributed by atoms with van der Waals surface area (Å²) in [5, 5.41) is 3.53. The number of benzene rings is 1. The molecule has 1 rings (SSSR count). The summed E-state index contributed by atoms with van der Waals surface area (Å²) < 4.78 is 0. The maximum atomic E-state index is 3.53. The Balaban J connectivity index is 2.09. The Hall–Kier alpha value is -0.470. The third-order valence-electron chi connectivity index (χ3n) is 2.77. The molecule has 0 aliphatic heterocycles. The van der Waals surface area contributed by atoms with Crippen molar-refractivity contribution in [3.05, 3.63) is 35.9 Å². The molecule has 2 heteroatoms. The van der Waals surface area contributed by atoms with E-state index in [1.165, 1.54) is 24.2 Å².